The molecule has 0 spiro atoms. The fraction of sp³-hybridized carbons (Fsp3) is 0.500. The molecule has 1 aliphatic rings. The van der Waals surface area contributed by atoms with Crippen LogP contribution >= 0.6 is 15.9 Å². The number of halogens is 1. The third-order valence-corrected chi connectivity index (χ3v) is 3.81. The first-order valence-electron chi connectivity index (χ1n) is 5.33. The topological polar surface area (TPSA) is 46.2 Å². The van der Waals surface area contributed by atoms with Crippen LogP contribution in [0.25, 0.3) is 0 Å². The first-order valence-corrected chi connectivity index (χ1v) is 6.12. The molecule has 3 N–H and O–H groups in total. The maximum absolute atomic E-state index is 10.1. The van der Waals surface area contributed by atoms with Crippen LogP contribution < -0.4 is 5.73 Å². The quantitative estimate of drug-likeness (QED) is 0.881. The Labute approximate surface area is 98.6 Å². The zero-order chi connectivity index (χ0) is 10.9. The summed E-state index contributed by atoms with van der Waals surface area (Å²) in [6, 6.07) is 8.25. The smallest absolute Gasteiger partial charge is 0.0648 e. The van der Waals surface area contributed by atoms with Crippen molar-refractivity contribution in [1.29, 1.82) is 0 Å². The lowest BCUT2D eigenvalue weighted by molar-refractivity contribution is 0.124. The van der Waals surface area contributed by atoms with E-state index in [2.05, 4.69) is 28.1 Å². The van der Waals surface area contributed by atoms with E-state index < -0.39 is 0 Å². The van der Waals surface area contributed by atoms with E-state index in [1.54, 1.807) is 0 Å². The number of hydrogen-bond donors (Lipinski definition) is 2. The van der Waals surface area contributed by atoms with Gasteiger partial charge in [-0.3, -0.25) is 0 Å². The molecule has 15 heavy (non-hydrogen) atoms. The van der Waals surface area contributed by atoms with Crippen molar-refractivity contribution in [3.63, 3.8) is 0 Å². The number of hydrogen-bond acceptors (Lipinski definition) is 2. The molecule has 2 rings (SSSR count). The third kappa shape index (κ3) is 2.10. The molecule has 82 valence electrons. The highest BCUT2D eigenvalue weighted by molar-refractivity contribution is 9.10. The van der Waals surface area contributed by atoms with Gasteiger partial charge in [0, 0.05) is 9.89 Å². The predicted octanol–water partition coefficient (Wildman–Crippen LogP) is 2.19. The third-order valence-electron chi connectivity index (χ3n) is 3.29. The minimum absolute atomic E-state index is 0.0000694. The molecule has 1 unspecified atom stereocenters. The van der Waals surface area contributed by atoms with E-state index in [-0.39, 0.29) is 11.5 Å². The van der Waals surface area contributed by atoms with Gasteiger partial charge < -0.3 is 10.8 Å². The zero-order valence-electron chi connectivity index (χ0n) is 8.62. The van der Waals surface area contributed by atoms with Gasteiger partial charge in [-0.25, -0.2) is 0 Å². The van der Waals surface area contributed by atoms with Gasteiger partial charge in [0.1, 0.15) is 0 Å². The second kappa shape index (κ2) is 4.24. The first-order chi connectivity index (χ1) is 7.19. The highest BCUT2D eigenvalue weighted by Crippen LogP contribution is 2.51. The van der Waals surface area contributed by atoms with Crippen molar-refractivity contribution < 1.29 is 5.11 Å². The standard InChI is InChI=1S/C12H16BrNO/c13-10-3-1-9(2-4-10)12(6-7-12)11(15)5-8-14/h1-4,11,15H,5-8,14H2. The fourth-order valence-electron chi connectivity index (χ4n) is 2.16. The first kappa shape index (κ1) is 11.1. The average Bonchev–Trinajstić information content (AvgIpc) is 3.00. The summed E-state index contributed by atoms with van der Waals surface area (Å²) in [5, 5.41) is 10.1. The molecule has 1 saturated carbocycles. The van der Waals surface area contributed by atoms with Crippen molar-refractivity contribution in [3.8, 4) is 0 Å². The Balaban J connectivity index is 2.19. The summed E-state index contributed by atoms with van der Waals surface area (Å²) in [5.41, 5.74) is 6.73. The maximum Gasteiger partial charge on any atom is 0.0648 e. The van der Waals surface area contributed by atoms with Gasteiger partial charge in [-0.2, -0.15) is 0 Å². The van der Waals surface area contributed by atoms with Crippen LogP contribution in [0, 0.1) is 0 Å². The molecule has 1 fully saturated rings. The van der Waals surface area contributed by atoms with E-state index in [4.69, 9.17) is 5.73 Å². The van der Waals surface area contributed by atoms with Crippen molar-refractivity contribution >= 4 is 15.9 Å². The Morgan fingerprint density at radius 3 is 2.40 bits per heavy atom. The van der Waals surface area contributed by atoms with Gasteiger partial charge in [-0.05, 0) is 43.5 Å². The molecule has 2 nitrogen and oxygen atoms in total. The number of nitrogens with two attached hydrogens (primary N) is 1. The van der Waals surface area contributed by atoms with Crippen LogP contribution in [0.1, 0.15) is 24.8 Å². The van der Waals surface area contributed by atoms with Crippen molar-refractivity contribution in [1.82, 2.24) is 0 Å². The fourth-order valence-corrected chi connectivity index (χ4v) is 2.43. The van der Waals surface area contributed by atoms with E-state index in [0.29, 0.717) is 13.0 Å². The van der Waals surface area contributed by atoms with Crippen molar-refractivity contribution in [2.75, 3.05) is 6.54 Å². The highest BCUT2D eigenvalue weighted by atomic mass is 79.9. The summed E-state index contributed by atoms with van der Waals surface area (Å²) < 4.78 is 1.08. The normalized spacial score (nSPS) is 19.9. The molecule has 1 aromatic carbocycles. The Kier molecular flexibility index (Phi) is 3.14. The molecular formula is C12H16BrNO. The van der Waals surface area contributed by atoms with Gasteiger partial charge in [0.15, 0.2) is 0 Å². The van der Waals surface area contributed by atoms with Crippen molar-refractivity contribution in [2.45, 2.75) is 30.8 Å². The van der Waals surface area contributed by atoms with Crippen LogP contribution in [0.5, 0.6) is 0 Å². The molecule has 0 heterocycles. The Bertz CT molecular complexity index is 332. The molecule has 3 heteroatoms. The lowest BCUT2D eigenvalue weighted by atomic mass is 9.88. The van der Waals surface area contributed by atoms with E-state index in [1.807, 2.05) is 12.1 Å². The number of aliphatic hydroxyl groups is 1. The van der Waals surface area contributed by atoms with E-state index in [0.717, 1.165) is 17.3 Å². The summed E-state index contributed by atoms with van der Waals surface area (Å²) in [4.78, 5) is 0. The molecule has 1 aromatic rings. The van der Waals surface area contributed by atoms with Gasteiger partial charge in [0.2, 0.25) is 0 Å². The molecule has 1 atom stereocenters. The van der Waals surface area contributed by atoms with E-state index in [1.165, 1.54) is 5.56 Å². The number of benzene rings is 1. The summed E-state index contributed by atoms with van der Waals surface area (Å²) in [6.07, 6.45) is 2.56. The summed E-state index contributed by atoms with van der Waals surface area (Å²) in [6.45, 7) is 0.555. The maximum atomic E-state index is 10.1. The summed E-state index contributed by atoms with van der Waals surface area (Å²) >= 11 is 3.42. The number of rotatable bonds is 4. The molecule has 0 bridgehead atoms. The lowest BCUT2D eigenvalue weighted by Crippen LogP contribution is -2.28. The van der Waals surface area contributed by atoms with Crippen LogP contribution in [0.4, 0.5) is 0 Å². The van der Waals surface area contributed by atoms with Crippen molar-refractivity contribution in [3.05, 3.63) is 34.3 Å². The van der Waals surface area contributed by atoms with Gasteiger partial charge in [0.05, 0.1) is 6.10 Å². The molecule has 0 aromatic heterocycles. The predicted molar refractivity (Wildman–Crippen MR) is 64.7 cm³/mol. The van der Waals surface area contributed by atoms with Crippen LogP contribution in [-0.4, -0.2) is 17.8 Å². The lowest BCUT2D eigenvalue weighted by Gasteiger charge is -2.22. The van der Waals surface area contributed by atoms with E-state index >= 15 is 0 Å². The minimum atomic E-state index is -0.288. The SMILES string of the molecule is NCCC(O)C1(c2ccc(Br)cc2)CC1. The van der Waals surface area contributed by atoms with Crippen LogP contribution in [0.3, 0.4) is 0 Å². The van der Waals surface area contributed by atoms with E-state index in [9.17, 15) is 5.11 Å². The van der Waals surface area contributed by atoms with Crippen molar-refractivity contribution in [2.24, 2.45) is 5.73 Å². The molecule has 1 aliphatic carbocycles. The summed E-state index contributed by atoms with van der Waals surface area (Å²) in [5.74, 6) is 0. The highest BCUT2D eigenvalue weighted by Gasteiger charge is 2.49. The summed E-state index contributed by atoms with van der Waals surface area (Å²) in [7, 11) is 0. The molecular weight excluding hydrogens is 254 g/mol. The monoisotopic (exact) mass is 269 g/mol. The minimum Gasteiger partial charge on any atom is -0.392 e. The van der Waals surface area contributed by atoms with Gasteiger partial charge in [-0.1, -0.05) is 28.1 Å². The largest absolute Gasteiger partial charge is 0.392 e. The molecule has 0 radical (unpaired) electrons. The van der Waals surface area contributed by atoms with Gasteiger partial charge >= 0.3 is 0 Å². The Morgan fingerprint density at radius 1 is 1.33 bits per heavy atom. The molecule has 0 saturated heterocycles. The Hall–Kier alpha value is -0.380. The van der Waals surface area contributed by atoms with Gasteiger partial charge in [0.25, 0.3) is 0 Å². The molecule has 0 amide bonds. The zero-order valence-corrected chi connectivity index (χ0v) is 10.2. The number of aliphatic hydroxyl groups excluding tert-OH is 1. The Morgan fingerprint density at radius 2 is 1.93 bits per heavy atom. The van der Waals surface area contributed by atoms with Crippen LogP contribution in [-0.2, 0) is 5.41 Å². The molecule has 0 aliphatic heterocycles. The van der Waals surface area contributed by atoms with Crippen LogP contribution in [0.2, 0.25) is 0 Å². The second-order valence-electron chi connectivity index (χ2n) is 4.26. The second-order valence-corrected chi connectivity index (χ2v) is 5.17. The van der Waals surface area contributed by atoms with Gasteiger partial charge in [-0.15, -0.1) is 0 Å². The average molecular weight is 270 g/mol. The van der Waals surface area contributed by atoms with Crippen LogP contribution in [0.15, 0.2) is 28.7 Å².